The Balaban J connectivity index is 1.88. The van der Waals surface area contributed by atoms with Crippen molar-refractivity contribution in [3.63, 3.8) is 0 Å². The smallest absolute Gasteiger partial charge is 0.317 e. The number of benzene rings is 1. The molecule has 2 atom stereocenters. The van der Waals surface area contributed by atoms with Gasteiger partial charge in [0.25, 0.3) is 0 Å². The van der Waals surface area contributed by atoms with Crippen molar-refractivity contribution in [1.29, 1.82) is 0 Å². The van der Waals surface area contributed by atoms with Crippen LogP contribution in [0.25, 0.3) is 0 Å². The number of carboxylic acids is 1. The summed E-state index contributed by atoms with van der Waals surface area (Å²) in [6.45, 7) is 1.24. The molecule has 0 amide bonds. The number of rotatable bonds is 4. The molecule has 1 heterocycles. The number of carbonyl (C=O) groups is 1. The summed E-state index contributed by atoms with van der Waals surface area (Å²) in [4.78, 5) is 12.4. The van der Waals surface area contributed by atoms with E-state index in [4.69, 9.17) is 5.11 Å². The van der Waals surface area contributed by atoms with E-state index in [1.807, 2.05) is 18.2 Å². The molecule has 4 heteroatoms. The third-order valence-corrected chi connectivity index (χ3v) is 3.51. The Bertz CT molecular complexity index is 393. The van der Waals surface area contributed by atoms with Crippen molar-refractivity contribution in [2.75, 3.05) is 19.6 Å². The van der Waals surface area contributed by atoms with Crippen molar-refractivity contribution >= 4 is 5.97 Å². The highest BCUT2D eigenvalue weighted by Gasteiger charge is 2.28. The first-order chi connectivity index (χ1) is 8.65. The average molecular weight is 249 g/mol. The molecule has 1 aliphatic rings. The fourth-order valence-electron chi connectivity index (χ4n) is 2.54. The van der Waals surface area contributed by atoms with Gasteiger partial charge in [-0.3, -0.25) is 9.69 Å². The van der Waals surface area contributed by atoms with Crippen LogP contribution in [0.5, 0.6) is 0 Å². The molecule has 1 aromatic rings. The third kappa shape index (κ3) is 3.55. The van der Waals surface area contributed by atoms with Crippen LogP contribution in [0.4, 0.5) is 0 Å². The molecule has 4 nitrogen and oxygen atoms in total. The number of carboxylic acid groups (broad SMARTS) is 1. The fourth-order valence-corrected chi connectivity index (χ4v) is 2.54. The summed E-state index contributed by atoms with van der Waals surface area (Å²) in [5.74, 6) is -0.596. The van der Waals surface area contributed by atoms with E-state index in [1.54, 1.807) is 4.90 Å². The third-order valence-electron chi connectivity index (χ3n) is 3.51. The largest absolute Gasteiger partial charge is 0.480 e. The Morgan fingerprint density at radius 2 is 2.06 bits per heavy atom. The van der Waals surface area contributed by atoms with Gasteiger partial charge in [0.1, 0.15) is 0 Å². The van der Waals surface area contributed by atoms with Crippen molar-refractivity contribution in [1.82, 2.24) is 4.90 Å². The van der Waals surface area contributed by atoms with Crippen LogP contribution in [-0.2, 0) is 11.2 Å². The van der Waals surface area contributed by atoms with E-state index < -0.39 is 12.1 Å². The molecule has 0 spiro atoms. The van der Waals surface area contributed by atoms with Crippen LogP contribution in [0.3, 0.4) is 0 Å². The molecule has 0 saturated carbocycles. The zero-order valence-electron chi connectivity index (χ0n) is 10.3. The van der Waals surface area contributed by atoms with E-state index in [2.05, 4.69) is 12.1 Å². The standard InChI is InChI=1S/C14H19NO3/c16-13-9-15(10-14(17)18)7-6-12(13)8-11-4-2-1-3-5-11/h1-5,12-13,16H,6-10H2,(H,17,18)/t12-,13-/m1/s1. The van der Waals surface area contributed by atoms with Gasteiger partial charge < -0.3 is 10.2 Å². The first-order valence-electron chi connectivity index (χ1n) is 6.31. The molecule has 18 heavy (non-hydrogen) atoms. The summed E-state index contributed by atoms with van der Waals surface area (Å²) < 4.78 is 0. The number of aliphatic hydroxyl groups is 1. The van der Waals surface area contributed by atoms with Gasteiger partial charge in [-0.1, -0.05) is 30.3 Å². The lowest BCUT2D eigenvalue weighted by molar-refractivity contribution is -0.139. The van der Waals surface area contributed by atoms with Gasteiger partial charge in [0.2, 0.25) is 0 Å². The van der Waals surface area contributed by atoms with E-state index >= 15 is 0 Å². The Labute approximate surface area is 107 Å². The van der Waals surface area contributed by atoms with E-state index in [1.165, 1.54) is 5.56 Å². The number of aliphatic carboxylic acids is 1. The first kappa shape index (κ1) is 13.1. The topological polar surface area (TPSA) is 60.8 Å². The van der Waals surface area contributed by atoms with Gasteiger partial charge in [-0.15, -0.1) is 0 Å². The predicted octanol–water partition coefficient (Wildman–Crippen LogP) is 0.996. The molecule has 0 unspecified atom stereocenters. The van der Waals surface area contributed by atoms with Gasteiger partial charge in [-0.2, -0.15) is 0 Å². The molecule has 1 aliphatic heterocycles. The number of hydrogen-bond acceptors (Lipinski definition) is 3. The van der Waals surface area contributed by atoms with Crippen LogP contribution in [0.2, 0.25) is 0 Å². The first-order valence-corrected chi connectivity index (χ1v) is 6.31. The Kier molecular flexibility index (Phi) is 4.33. The minimum Gasteiger partial charge on any atom is -0.480 e. The van der Waals surface area contributed by atoms with Gasteiger partial charge in [0.15, 0.2) is 0 Å². The van der Waals surface area contributed by atoms with Crippen LogP contribution < -0.4 is 0 Å². The highest BCUT2D eigenvalue weighted by atomic mass is 16.4. The number of piperidine rings is 1. The number of aliphatic hydroxyl groups excluding tert-OH is 1. The molecule has 1 fully saturated rings. The number of likely N-dealkylation sites (tertiary alicyclic amines) is 1. The summed E-state index contributed by atoms with van der Waals surface area (Å²) in [5, 5.41) is 18.8. The lowest BCUT2D eigenvalue weighted by Crippen LogP contribution is -2.46. The van der Waals surface area contributed by atoms with Crippen LogP contribution in [0.1, 0.15) is 12.0 Å². The summed E-state index contributed by atoms with van der Waals surface area (Å²) in [6.07, 6.45) is 1.28. The molecule has 2 N–H and O–H groups in total. The fraction of sp³-hybridized carbons (Fsp3) is 0.500. The van der Waals surface area contributed by atoms with Gasteiger partial charge in [0, 0.05) is 6.54 Å². The summed E-state index contributed by atoms with van der Waals surface area (Å²) in [6, 6.07) is 10.1. The molecule has 1 aromatic carbocycles. The SMILES string of the molecule is O=C(O)CN1CC[C@H](Cc2ccccc2)[C@H](O)C1. The monoisotopic (exact) mass is 249 g/mol. The minimum atomic E-state index is -0.830. The number of hydrogen-bond donors (Lipinski definition) is 2. The normalized spacial score (nSPS) is 24.9. The van der Waals surface area contributed by atoms with Gasteiger partial charge in [0.05, 0.1) is 12.6 Å². The molecule has 0 aromatic heterocycles. The number of β-amino-alcohol motifs (C(OH)–C–C–N with tert-alkyl or cyclic N) is 1. The summed E-state index contributed by atoms with van der Waals surface area (Å²) >= 11 is 0. The lowest BCUT2D eigenvalue weighted by atomic mass is 9.88. The summed E-state index contributed by atoms with van der Waals surface area (Å²) in [7, 11) is 0. The van der Waals surface area contributed by atoms with Gasteiger partial charge >= 0.3 is 5.97 Å². The maximum Gasteiger partial charge on any atom is 0.317 e. The van der Waals surface area contributed by atoms with Crippen molar-refractivity contribution < 1.29 is 15.0 Å². The van der Waals surface area contributed by atoms with E-state index in [0.29, 0.717) is 6.54 Å². The van der Waals surface area contributed by atoms with Crippen molar-refractivity contribution in [2.45, 2.75) is 18.9 Å². The van der Waals surface area contributed by atoms with Gasteiger partial charge in [-0.05, 0) is 30.9 Å². The van der Waals surface area contributed by atoms with Crippen LogP contribution >= 0.6 is 0 Å². The van der Waals surface area contributed by atoms with E-state index in [-0.39, 0.29) is 12.5 Å². The Morgan fingerprint density at radius 3 is 2.67 bits per heavy atom. The predicted molar refractivity (Wildman–Crippen MR) is 68.3 cm³/mol. The second-order valence-corrected chi connectivity index (χ2v) is 4.93. The highest BCUT2D eigenvalue weighted by molar-refractivity contribution is 5.69. The zero-order chi connectivity index (χ0) is 13.0. The quantitative estimate of drug-likeness (QED) is 0.835. The molecule has 0 aliphatic carbocycles. The molecular formula is C14H19NO3. The second kappa shape index (κ2) is 5.98. The van der Waals surface area contributed by atoms with E-state index in [0.717, 1.165) is 19.4 Å². The molecule has 1 saturated heterocycles. The maximum absolute atomic E-state index is 10.6. The maximum atomic E-state index is 10.6. The summed E-state index contributed by atoms with van der Waals surface area (Å²) in [5.41, 5.74) is 1.23. The van der Waals surface area contributed by atoms with Crippen molar-refractivity contribution in [2.24, 2.45) is 5.92 Å². The van der Waals surface area contributed by atoms with E-state index in [9.17, 15) is 9.90 Å². The number of nitrogens with zero attached hydrogens (tertiary/aromatic N) is 1. The Hall–Kier alpha value is -1.39. The van der Waals surface area contributed by atoms with Crippen molar-refractivity contribution in [3.8, 4) is 0 Å². The molecule has 0 bridgehead atoms. The average Bonchev–Trinajstić information content (AvgIpc) is 2.33. The second-order valence-electron chi connectivity index (χ2n) is 4.93. The minimum absolute atomic E-state index is 0.0229. The molecular weight excluding hydrogens is 230 g/mol. The lowest BCUT2D eigenvalue weighted by Gasteiger charge is -2.35. The van der Waals surface area contributed by atoms with Crippen molar-refractivity contribution in [3.05, 3.63) is 35.9 Å². The molecule has 0 radical (unpaired) electrons. The van der Waals surface area contributed by atoms with Crippen LogP contribution in [-0.4, -0.2) is 46.8 Å². The zero-order valence-corrected chi connectivity index (χ0v) is 10.3. The van der Waals surface area contributed by atoms with Crippen LogP contribution in [0.15, 0.2) is 30.3 Å². The molecule has 98 valence electrons. The highest BCUT2D eigenvalue weighted by Crippen LogP contribution is 2.22. The molecule has 2 rings (SSSR count). The Morgan fingerprint density at radius 1 is 1.33 bits per heavy atom. The van der Waals surface area contributed by atoms with Crippen LogP contribution in [0, 0.1) is 5.92 Å². The van der Waals surface area contributed by atoms with Gasteiger partial charge in [-0.25, -0.2) is 0 Å².